The van der Waals surface area contributed by atoms with Crippen molar-refractivity contribution in [2.75, 3.05) is 19.6 Å². The summed E-state index contributed by atoms with van der Waals surface area (Å²) in [6.07, 6.45) is 2.09. The molecule has 1 atom stereocenters. The zero-order chi connectivity index (χ0) is 11.0. The van der Waals surface area contributed by atoms with Gasteiger partial charge >= 0.3 is 6.03 Å². The summed E-state index contributed by atoms with van der Waals surface area (Å²) >= 11 is 0. The van der Waals surface area contributed by atoms with E-state index in [2.05, 4.69) is 24.1 Å². The summed E-state index contributed by atoms with van der Waals surface area (Å²) in [7, 11) is 0. The number of primary amides is 1. The number of carbonyl (C=O) groups is 1. The summed E-state index contributed by atoms with van der Waals surface area (Å²) in [4.78, 5) is 12.9. The maximum absolute atomic E-state index is 10.5. The van der Waals surface area contributed by atoms with Crippen LogP contribution in [-0.2, 0) is 0 Å². The van der Waals surface area contributed by atoms with Crippen molar-refractivity contribution in [1.82, 2.24) is 10.2 Å². The number of nitrogens with one attached hydrogen (secondary N) is 1. The molecular formula is C10H23N3O. The highest BCUT2D eigenvalue weighted by Crippen LogP contribution is 1.99. The Bertz CT molecular complexity index is 157. The summed E-state index contributed by atoms with van der Waals surface area (Å²) in [5, 5.41) is 2.67. The van der Waals surface area contributed by atoms with E-state index < -0.39 is 6.03 Å². The van der Waals surface area contributed by atoms with Gasteiger partial charge in [0.15, 0.2) is 0 Å². The summed E-state index contributed by atoms with van der Waals surface area (Å²) < 4.78 is 0. The lowest BCUT2D eigenvalue weighted by molar-refractivity contribution is 0.243. The molecule has 0 spiro atoms. The normalized spacial score (nSPS) is 12.9. The van der Waals surface area contributed by atoms with Gasteiger partial charge in [-0.2, -0.15) is 0 Å². The van der Waals surface area contributed by atoms with Crippen LogP contribution in [0.25, 0.3) is 0 Å². The number of rotatable bonds is 7. The summed E-state index contributed by atoms with van der Waals surface area (Å²) in [6, 6.07) is -0.247. The summed E-state index contributed by atoms with van der Waals surface area (Å²) in [5.41, 5.74) is 5.02. The molecule has 1 unspecified atom stereocenters. The van der Waals surface area contributed by atoms with E-state index in [1.165, 1.54) is 0 Å². The second kappa shape index (κ2) is 7.62. The Hall–Kier alpha value is -0.770. The molecule has 0 aliphatic heterocycles. The lowest BCUT2D eigenvalue weighted by Crippen LogP contribution is -2.37. The molecule has 4 heteroatoms. The molecule has 0 heterocycles. The molecule has 0 aliphatic carbocycles. The number of hydrogen-bond acceptors (Lipinski definition) is 2. The Balaban J connectivity index is 3.47. The first-order valence-corrected chi connectivity index (χ1v) is 5.38. The van der Waals surface area contributed by atoms with Crippen molar-refractivity contribution < 1.29 is 4.79 Å². The predicted molar refractivity (Wildman–Crippen MR) is 59.2 cm³/mol. The zero-order valence-corrected chi connectivity index (χ0v) is 9.55. The van der Waals surface area contributed by atoms with Crippen LogP contribution in [-0.4, -0.2) is 36.6 Å². The molecule has 2 amide bonds. The van der Waals surface area contributed by atoms with Gasteiger partial charge in [-0.1, -0.05) is 13.8 Å². The SMILES string of the molecule is CCN(CC)CCCC(C)NC(N)=O. The van der Waals surface area contributed by atoms with E-state index >= 15 is 0 Å². The number of hydrogen-bond donors (Lipinski definition) is 2. The van der Waals surface area contributed by atoms with Crippen molar-refractivity contribution in [2.24, 2.45) is 5.73 Å². The Kier molecular flexibility index (Phi) is 7.20. The first-order chi connectivity index (χ1) is 6.60. The van der Waals surface area contributed by atoms with Gasteiger partial charge in [0.1, 0.15) is 0 Å². The van der Waals surface area contributed by atoms with Crippen molar-refractivity contribution in [3.05, 3.63) is 0 Å². The standard InChI is InChI=1S/C10H23N3O/c1-4-13(5-2)8-6-7-9(3)12-10(11)14/h9H,4-8H2,1-3H3,(H3,11,12,14). The molecule has 0 fully saturated rings. The predicted octanol–water partition coefficient (Wildman–Crippen LogP) is 1.17. The van der Waals surface area contributed by atoms with Gasteiger partial charge in [-0.3, -0.25) is 0 Å². The number of nitrogens with two attached hydrogens (primary N) is 1. The highest BCUT2D eigenvalue weighted by atomic mass is 16.2. The second-order valence-corrected chi connectivity index (χ2v) is 3.58. The lowest BCUT2D eigenvalue weighted by atomic mass is 10.2. The van der Waals surface area contributed by atoms with Crippen LogP contribution in [0.2, 0.25) is 0 Å². The van der Waals surface area contributed by atoms with Gasteiger partial charge < -0.3 is 16.0 Å². The topological polar surface area (TPSA) is 58.4 Å². The molecule has 4 nitrogen and oxygen atoms in total. The molecule has 0 aromatic carbocycles. The summed E-state index contributed by atoms with van der Waals surface area (Å²) in [6.45, 7) is 9.58. The molecule has 0 aromatic rings. The van der Waals surface area contributed by atoms with Gasteiger partial charge in [-0.15, -0.1) is 0 Å². The zero-order valence-electron chi connectivity index (χ0n) is 9.55. The maximum atomic E-state index is 10.5. The van der Waals surface area contributed by atoms with Crippen LogP contribution in [0.1, 0.15) is 33.6 Å². The highest BCUT2D eigenvalue weighted by Gasteiger charge is 2.04. The quantitative estimate of drug-likeness (QED) is 0.649. The number of carbonyl (C=O) groups excluding carboxylic acids is 1. The molecule has 0 aromatic heterocycles. The van der Waals surface area contributed by atoms with Gasteiger partial charge in [0.25, 0.3) is 0 Å². The molecule has 14 heavy (non-hydrogen) atoms. The van der Waals surface area contributed by atoms with E-state index in [9.17, 15) is 4.79 Å². The monoisotopic (exact) mass is 201 g/mol. The van der Waals surface area contributed by atoms with Gasteiger partial charge in [-0.25, -0.2) is 4.79 Å². The van der Waals surface area contributed by atoms with Crippen LogP contribution >= 0.6 is 0 Å². The Labute approximate surface area is 86.8 Å². The third-order valence-corrected chi connectivity index (χ3v) is 2.39. The van der Waals surface area contributed by atoms with Crippen LogP contribution in [0.4, 0.5) is 4.79 Å². The van der Waals surface area contributed by atoms with E-state index in [0.29, 0.717) is 0 Å². The van der Waals surface area contributed by atoms with Crippen LogP contribution in [0.5, 0.6) is 0 Å². The average Bonchev–Trinajstić information content (AvgIpc) is 2.11. The van der Waals surface area contributed by atoms with Gasteiger partial charge in [0.05, 0.1) is 0 Å². The van der Waals surface area contributed by atoms with Crippen LogP contribution in [0.15, 0.2) is 0 Å². The van der Waals surface area contributed by atoms with Crippen LogP contribution < -0.4 is 11.1 Å². The Morgan fingerprint density at radius 3 is 2.43 bits per heavy atom. The third-order valence-electron chi connectivity index (χ3n) is 2.39. The lowest BCUT2D eigenvalue weighted by Gasteiger charge is -2.19. The van der Waals surface area contributed by atoms with E-state index in [1.54, 1.807) is 0 Å². The average molecular weight is 201 g/mol. The minimum Gasteiger partial charge on any atom is -0.352 e. The first kappa shape index (κ1) is 13.2. The van der Waals surface area contributed by atoms with Crippen molar-refractivity contribution in [2.45, 2.75) is 39.7 Å². The molecule has 0 saturated heterocycles. The molecule has 0 rings (SSSR count). The minimum atomic E-state index is -0.430. The second-order valence-electron chi connectivity index (χ2n) is 3.58. The molecule has 0 saturated carbocycles. The Morgan fingerprint density at radius 2 is 2.00 bits per heavy atom. The van der Waals surface area contributed by atoms with Crippen molar-refractivity contribution >= 4 is 6.03 Å². The Morgan fingerprint density at radius 1 is 1.43 bits per heavy atom. The van der Waals surface area contributed by atoms with Gasteiger partial charge in [0, 0.05) is 6.04 Å². The highest BCUT2D eigenvalue weighted by molar-refractivity contribution is 5.71. The number of urea groups is 1. The molecule has 84 valence electrons. The van der Waals surface area contributed by atoms with Gasteiger partial charge in [-0.05, 0) is 39.4 Å². The van der Waals surface area contributed by atoms with E-state index in [4.69, 9.17) is 5.73 Å². The van der Waals surface area contributed by atoms with Crippen LogP contribution in [0, 0.1) is 0 Å². The van der Waals surface area contributed by atoms with E-state index in [1.807, 2.05) is 6.92 Å². The van der Waals surface area contributed by atoms with E-state index in [0.717, 1.165) is 32.5 Å². The molecule has 0 aliphatic rings. The summed E-state index contributed by atoms with van der Waals surface area (Å²) in [5.74, 6) is 0. The largest absolute Gasteiger partial charge is 0.352 e. The van der Waals surface area contributed by atoms with Crippen molar-refractivity contribution in [3.63, 3.8) is 0 Å². The molecular weight excluding hydrogens is 178 g/mol. The fraction of sp³-hybridized carbons (Fsp3) is 0.900. The third kappa shape index (κ3) is 6.71. The number of amides is 2. The van der Waals surface area contributed by atoms with Gasteiger partial charge in [0.2, 0.25) is 0 Å². The minimum absolute atomic E-state index is 0.183. The molecule has 0 bridgehead atoms. The van der Waals surface area contributed by atoms with Crippen molar-refractivity contribution in [3.8, 4) is 0 Å². The smallest absolute Gasteiger partial charge is 0.312 e. The molecule has 3 N–H and O–H groups in total. The van der Waals surface area contributed by atoms with E-state index in [-0.39, 0.29) is 6.04 Å². The maximum Gasteiger partial charge on any atom is 0.312 e. The number of nitrogens with zero attached hydrogens (tertiary/aromatic N) is 1. The van der Waals surface area contributed by atoms with Crippen LogP contribution in [0.3, 0.4) is 0 Å². The first-order valence-electron chi connectivity index (χ1n) is 5.38. The van der Waals surface area contributed by atoms with Crippen molar-refractivity contribution in [1.29, 1.82) is 0 Å². The fourth-order valence-corrected chi connectivity index (χ4v) is 1.48. The molecule has 0 radical (unpaired) electrons. The fourth-order valence-electron chi connectivity index (χ4n) is 1.48.